The van der Waals surface area contributed by atoms with Crippen LogP contribution >= 0.6 is 0 Å². The van der Waals surface area contributed by atoms with E-state index in [-0.39, 0.29) is 11.9 Å². The van der Waals surface area contributed by atoms with Crippen molar-refractivity contribution in [3.05, 3.63) is 72.6 Å². The third kappa shape index (κ3) is 5.30. The van der Waals surface area contributed by atoms with Crippen LogP contribution in [-0.4, -0.2) is 29.5 Å². The van der Waals surface area contributed by atoms with Crippen LogP contribution in [0.25, 0.3) is 0 Å². The normalized spacial score (nSPS) is 10.4. The molecule has 3 aromatic rings. The summed E-state index contributed by atoms with van der Waals surface area (Å²) in [6, 6.07) is 16.7. The van der Waals surface area contributed by atoms with Crippen molar-refractivity contribution >= 4 is 17.3 Å². The van der Waals surface area contributed by atoms with Gasteiger partial charge in [-0.25, -0.2) is 9.97 Å². The lowest BCUT2D eigenvalue weighted by atomic mass is 10.1. The van der Waals surface area contributed by atoms with Gasteiger partial charge in [-0.1, -0.05) is 13.3 Å². The van der Waals surface area contributed by atoms with Crippen LogP contribution in [0.1, 0.15) is 30.1 Å². The minimum atomic E-state index is -0.150. The Hall–Kier alpha value is -3.41. The van der Waals surface area contributed by atoms with Gasteiger partial charge < -0.3 is 15.0 Å². The van der Waals surface area contributed by atoms with Crippen LogP contribution in [0.2, 0.25) is 0 Å². The molecule has 0 fully saturated rings. The fourth-order valence-corrected chi connectivity index (χ4v) is 2.64. The van der Waals surface area contributed by atoms with Crippen LogP contribution in [0.5, 0.6) is 11.8 Å². The molecule has 144 valence electrons. The fraction of sp³-hybridized carbons (Fsp3) is 0.227. The first kappa shape index (κ1) is 19.4. The third-order valence-corrected chi connectivity index (χ3v) is 4.28. The van der Waals surface area contributed by atoms with Gasteiger partial charge in [-0.05, 0) is 61.0 Å². The standard InChI is InChI=1S/C22H24N4O2/c1-3-4-16-26(2)19-10-6-17(7-11-19)21(27)25-18-8-12-20(13-9-18)28-22-23-14-5-15-24-22/h5-15H,3-4,16H2,1-2H3,(H,25,27). The second-order valence-corrected chi connectivity index (χ2v) is 6.43. The number of hydrogen-bond donors (Lipinski definition) is 1. The number of unbranched alkanes of at least 4 members (excludes halogenated alkanes) is 1. The zero-order valence-electron chi connectivity index (χ0n) is 16.1. The summed E-state index contributed by atoms with van der Waals surface area (Å²) in [6.45, 7) is 3.18. The van der Waals surface area contributed by atoms with E-state index in [0.29, 0.717) is 17.0 Å². The highest BCUT2D eigenvalue weighted by Gasteiger charge is 2.08. The number of carbonyl (C=O) groups is 1. The van der Waals surface area contributed by atoms with Gasteiger partial charge in [-0.15, -0.1) is 0 Å². The first-order chi connectivity index (χ1) is 13.7. The van der Waals surface area contributed by atoms with Crippen LogP contribution in [0.3, 0.4) is 0 Å². The average molecular weight is 376 g/mol. The molecular weight excluding hydrogens is 352 g/mol. The molecule has 2 aromatic carbocycles. The first-order valence-corrected chi connectivity index (χ1v) is 9.33. The van der Waals surface area contributed by atoms with E-state index in [9.17, 15) is 4.79 Å². The van der Waals surface area contributed by atoms with E-state index in [1.165, 1.54) is 0 Å². The SMILES string of the molecule is CCCCN(C)c1ccc(C(=O)Nc2ccc(Oc3ncccn3)cc2)cc1. The fourth-order valence-electron chi connectivity index (χ4n) is 2.64. The Morgan fingerprint density at radius 1 is 1.04 bits per heavy atom. The molecule has 0 atom stereocenters. The zero-order chi connectivity index (χ0) is 19.8. The molecule has 0 unspecified atom stereocenters. The molecule has 1 amide bonds. The maximum atomic E-state index is 12.5. The van der Waals surface area contributed by atoms with Gasteiger partial charge >= 0.3 is 6.01 Å². The molecule has 0 saturated carbocycles. The summed E-state index contributed by atoms with van der Waals surface area (Å²) in [6.07, 6.45) is 5.54. The van der Waals surface area contributed by atoms with Gasteiger partial charge in [0, 0.05) is 42.9 Å². The molecule has 0 spiro atoms. The highest BCUT2D eigenvalue weighted by atomic mass is 16.5. The molecule has 3 rings (SSSR count). The van der Waals surface area contributed by atoms with Gasteiger partial charge in [-0.2, -0.15) is 0 Å². The highest BCUT2D eigenvalue weighted by Crippen LogP contribution is 2.21. The lowest BCUT2D eigenvalue weighted by Gasteiger charge is -2.19. The van der Waals surface area contributed by atoms with E-state index in [2.05, 4.69) is 34.2 Å². The molecule has 1 N–H and O–H groups in total. The van der Waals surface area contributed by atoms with Crippen molar-refractivity contribution in [1.82, 2.24) is 9.97 Å². The molecule has 0 aliphatic rings. The van der Waals surface area contributed by atoms with Crippen molar-refractivity contribution in [3.63, 3.8) is 0 Å². The zero-order valence-corrected chi connectivity index (χ0v) is 16.1. The van der Waals surface area contributed by atoms with Crippen LogP contribution in [0, 0.1) is 0 Å². The maximum absolute atomic E-state index is 12.5. The Morgan fingerprint density at radius 2 is 1.71 bits per heavy atom. The Labute approximate surface area is 165 Å². The molecule has 0 bridgehead atoms. The molecule has 1 aromatic heterocycles. The van der Waals surface area contributed by atoms with Crippen molar-refractivity contribution in [1.29, 1.82) is 0 Å². The summed E-state index contributed by atoms with van der Waals surface area (Å²) < 4.78 is 5.55. The minimum absolute atomic E-state index is 0.150. The number of aromatic nitrogens is 2. The van der Waals surface area contributed by atoms with Crippen LogP contribution < -0.4 is 15.0 Å². The largest absolute Gasteiger partial charge is 0.424 e. The van der Waals surface area contributed by atoms with Crippen LogP contribution in [0.4, 0.5) is 11.4 Å². The number of rotatable bonds is 8. The quantitative estimate of drug-likeness (QED) is 0.614. The second kappa shape index (κ2) is 9.50. The molecule has 1 heterocycles. The molecule has 6 nitrogen and oxygen atoms in total. The van der Waals surface area contributed by atoms with Gasteiger partial charge in [-0.3, -0.25) is 4.79 Å². The molecule has 28 heavy (non-hydrogen) atoms. The van der Waals surface area contributed by atoms with E-state index < -0.39 is 0 Å². The number of carbonyl (C=O) groups excluding carboxylic acids is 1. The number of nitrogens with zero attached hydrogens (tertiary/aromatic N) is 3. The molecule has 0 aliphatic carbocycles. The highest BCUT2D eigenvalue weighted by molar-refractivity contribution is 6.04. The van der Waals surface area contributed by atoms with E-state index in [1.54, 1.807) is 42.7 Å². The van der Waals surface area contributed by atoms with Gasteiger partial charge in [0.25, 0.3) is 5.91 Å². The predicted octanol–water partition coefficient (Wildman–Crippen LogP) is 4.76. The van der Waals surface area contributed by atoms with Crippen molar-refractivity contribution in [3.8, 4) is 11.8 Å². The minimum Gasteiger partial charge on any atom is -0.424 e. The van der Waals surface area contributed by atoms with Crippen molar-refractivity contribution in [2.75, 3.05) is 23.8 Å². The van der Waals surface area contributed by atoms with Gasteiger partial charge in [0.2, 0.25) is 0 Å². The predicted molar refractivity (Wildman–Crippen MR) is 111 cm³/mol. The van der Waals surface area contributed by atoms with E-state index in [1.807, 2.05) is 24.3 Å². The average Bonchev–Trinajstić information content (AvgIpc) is 2.74. The smallest absolute Gasteiger partial charge is 0.321 e. The second-order valence-electron chi connectivity index (χ2n) is 6.43. The Balaban J connectivity index is 1.58. The Kier molecular flexibility index (Phi) is 6.57. The van der Waals surface area contributed by atoms with Crippen molar-refractivity contribution in [2.45, 2.75) is 19.8 Å². The van der Waals surface area contributed by atoms with E-state index in [0.717, 1.165) is 25.1 Å². The number of nitrogens with one attached hydrogen (secondary N) is 1. The van der Waals surface area contributed by atoms with Gasteiger partial charge in [0.05, 0.1) is 0 Å². The number of benzene rings is 2. The summed E-state index contributed by atoms with van der Waals surface area (Å²) in [5.41, 5.74) is 2.41. The van der Waals surface area contributed by atoms with Gasteiger partial charge in [0.15, 0.2) is 0 Å². The van der Waals surface area contributed by atoms with Crippen molar-refractivity contribution < 1.29 is 9.53 Å². The lowest BCUT2D eigenvalue weighted by Crippen LogP contribution is -2.18. The number of amides is 1. The Bertz CT molecular complexity index is 881. The lowest BCUT2D eigenvalue weighted by molar-refractivity contribution is 0.102. The van der Waals surface area contributed by atoms with E-state index >= 15 is 0 Å². The molecule has 0 saturated heterocycles. The van der Waals surface area contributed by atoms with Crippen LogP contribution in [-0.2, 0) is 0 Å². The van der Waals surface area contributed by atoms with Gasteiger partial charge in [0.1, 0.15) is 5.75 Å². The Morgan fingerprint density at radius 3 is 2.36 bits per heavy atom. The number of hydrogen-bond acceptors (Lipinski definition) is 5. The molecule has 0 radical (unpaired) electrons. The third-order valence-electron chi connectivity index (χ3n) is 4.28. The van der Waals surface area contributed by atoms with Crippen molar-refractivity contribution in [2.24, 2.45) is 0 Å². The molecule has 0 aliphatic heterocycles. The number of ether oxygens (including phenoxy) is 1. The summed E-state index contributed by atoms with van der Waals surface area (Å²) in [5, 5.41) is 2.89. The summed E-state index contributed by atoms with van der Waals surface area (Å²) in [4.78, 5) is 22.7. The summed E-state index contributed by atoms with van der Waals surface area (Å²) in [7, 11) is 2.06. The molecular formula is C22H24N4O2. The first-order valence-electron chi connectivity index (χ1n) is 9.33. The maximum Gasteiger partial charge on any atom is 0.321 e. The summed E-state index contributed by atoms with van der Waals surface area (Å²) >= 11 is 0. The van der Waals surface area contributed by atoms with Crippen LogP contribution in [0.15, 0.2) is 67.0 Å². The van der Waals surface area contributed by atoms with E-state index in [4.69, 9.17) is 4.74 Å². The summed E-state index contributed by atoms with van der Waals surface area (Å²) in [5.74, 6) is 0.450. The topological polar surface area (TPSA) is 67.4 Å². The monoisotopic (exact) mass is 376 g/mol. The molecule has 6 heteroatoms. The number of anilines is 2.